The number of alkyl halides is 3. The number of piperidine rings is 1. The quantitative estimate of drug-likeness (QED) is 0.851. The van der Waals surface area contributed by atoms with E-state index in [-0.39, 0.29) is 12.1 Å². The van der Waals surface area contributed by atoms with Crippen molar-refractivity contribution in [1.29, 1.82) is 0 Å². The van der Waals surface area contributed by atoms with Crippen molar-refractivity contribution in [3.8, 4) is 0 Å². The van der Waals surface area contributed by atoms with Crippen LogP contribution in [0.4, 0.5) is 13.2 Å². The van der Waals surface area contributed by atoms with Crippen LogP contribution in [0.1, 0.15) is 24.1 Å². The minimum atomic E-state index is -4.37. The molecular weight excluding hydrogens is 245 g/mol. The lowest BCUT2D eigenvalue weighted by Crippen LogP contribution is -2.43. The fraction of sp³-hybridized carbons (Fsp3) is 0.583. The SMILES string of the molecule is OC1(Cc2cc(C(F)(F)F)ccn2)CCNCC1. The summed E-state index contributed by atoms with van der Waals surface area (Å²) in [6.45, 7) is 1.35. The number of rotatable bonds is 2. The summed E-state index contributed by atoms with van der Waals surface area (Å²) >= 11 is 0. The number of hydrogen-bond donors (Lipinski definition) is 2. The topological polar surface area (TPSA) is 45.2 Å². The Bertz CT molecular complexity index is 414. The molecule has 0 saturated carbocycles. The van der Waals surface area contributed by atoms with Gasteiger partial charge < -0.3 is 10.4 Å². The first kappa shape index (κ1) is 13.3. The van der Waals surface area contributed by atoms with Crippen LogP contribution in [0, 0.1) is 0 Å². The van der Waals surface area contributed by atoms with Gasteiger partial charge in [-0.15, -0.1) is 0 Å². The van der Waals surface area contributed by atoms with Crippen molar-refractivity contribution in [3.05, 3.63) is 29.6 Å². The van der Waals surface area contributed by atoms with Crippen LogP contribution in [-0.2, 0) is 12.6 Å². The average molecular weight is 260 g/mol. The molecule has 0 unspecified atom stereocenters. The minimum absolute atomic E-state index is 0.165. The number of nitrogens with one attached hydrogen (secondary N) is 1. The molecule has 0 radical (unpaired) electrons. The highest BCUT2D eigenvalue weighted by Crippen LogP contribution is 2.30. The van der Waals surface area contributed by atoms with Crippen LogP contribution in [0.3, 0.4) is 0 Å². The first-order valence-electron chi connectivity index (χ1n) is 5.84. The van der Waals surface area contributed by atoms with E-state index in [1.807, 2.05) is 0 Å². The summed E-state index contributed by atoms with van der Waals surface area (Å²) in [5, 5.41) is 13.4. The molecular formula is C12H15F3N2O. The molecule has 0 amide bonds. The fourth-order valence-electron chi connectivity index (χ4n) is 2.16. The van der Waals surface area contributed by atoms with Crippen LogP contribution < -0.4 is 5.32 Å². The molecule has 3 nitrogen and oxygen atoms in total. The Balaban J connectivity index is 2.14. The molecule has 2 heterocycles. The Morgan fingerprint density at radius 2 is 2.00 bits per heavy atom. The van der Waals surface area contributed by atoms with Crippen LogP contribution in [0.15, 0.2) is 18.3 Å². The molecule has 0 atom stereocenters. The van der Waals surface area contributed by atoms with Crippen molar-refractivity contribution in [2.24, 2.45) is 0 Å². The summed E-state index contributed by atoms with van der Waals surface area (Å²) < 4.78 is 37.6. The molecule has 0 aliphatic carbocycles. The second-order valence-corrected chi connectivity index (χ2v) is 4.68. The molecule has 1 aromatic rings. The number of pyridine rings is 1. The second kappa shape index (κ2) is 4.85. The molecule has 1 aliphatic heterocycles. The summed E-state index contributed by atoms with van der Waals surface area (Å²) in [5.74, 6) is 0. The number of halogens is 3. The lowest BCUT2D eigenvalue weighted by atomic mass is 9.87. The lowest BCUT2D eigenvalue weighted by molar-refractivity contribution is -0.137. The van der Waals surface area contributed by atoms with E-state index in [2.05, 4.69) is 10.3 Å². The summed E-state index contributed by atoms with van der Waals surface area (Å²) in [7, 11) is 0. The maximum Gasteiger partial charge on any atom is 0.416 e. The minimum Gasteiger partial charge on any atom is -0.389 e. The van der Waals surface area contributed by atoms with Crippen molar-refractivity contribution in [2.45, 2.75) is 31.0 Å². The van der Waals surface area contributed by atoms with Crippen molar-refractivity contribution in [1.82, 2.24) is 10.3 Å². The van der Waals surface area contributed by atoms with E-state index >= 15 is 0 Å². The van der Waals surface area contributed by atoms with Crippen LogP contribution in [0.25, 0.3) is 0 Å². The largest absolute Gasteiger partial charge is 0.416 e. The van der Waals surface area contributed by atoms with Gasteiger partial charge in [-0.05, 0) is 38.1 Å². The van der Waals surface area contributed by atoms with Gasteiger partial charge in [-0.3, -0.25) is 4.98 Å². The second-order valence-electron chi connectivity index (χ2n) is 4.68. The molecule has 1 aliphatic rings. The highest BCUT2D eigenvalue weighted by atomic mass is 19.4. The molecule has 1 fully saturated rings. The molecule has 0 aromatic carbocycles. The molecule has 0 spiro atoms. The lowest BCUT2D eigenvalue weighted by Gasteiger charge is -2.32. The summed E-state index contributed by atoms with van der Waals surface area (Å²) in [4.78, 5) is 3.91. The van der Waals surface area contributed by atoms with Crippen LogP contribution in [0.5, 0.6) is 0 Å². The molecule has 18 heavy (non-hydrogen) atoms. The van der Waals surface area contributed by atoms with Gasteiger partial charge in [0, 0.05) is 18.3 Å². The zero-order chi connectivity index (χ0) is 13.2. The first-order valence-corrected chi connectivity index (χ1v) is 5.84. The van der Waals surface area contributed by atoms with E-state index in [0.717, 1.165) is 18.3 Å². The molecule has 0 bridgehead atoms. The van der Waals surface area contributed by atoms with Gasteiger partial charge in [0.2, 0.25) is 0 Å². The molecule has 2 rings (SSSR count). The van der Waals surface area contributed by atoms with Gasteiger partial charge in [-0.2, -0.15) is 13.2 Å². The maximum absolute atomic E-state index is 12.5. The van der Waals surface area contributed by atoms with E-state index in [1.54, 1.807) is 0 Å². The zero-order valence-corrected chi connectivity index (χ0v) is 9.80. The summed E-state index contributed by atoms with van der Waals surface area (Å²) in [6, 6.07) is 1.95. The van der Waals surface area contributed by atoms with Crippen molar-refractivity contribution < 1.29 is 18.3 Å². The summed E-state index contributed by atoms with van der Waals surface area (Å²) in [5.41, 5.74) is -1.37. The number of aliphatic hydroxyl groups is 1. The van der Waals surface area contributed by atoms with Crippen molar-refractivity contribution in [3.63, 3.8) is 0 Å². The van der Waals surface area contributed by atoms with Gasteiger partial charge in [0.15, 0.2) is 0 Å². The van der Waals surface area contributed by atoms with Crippen LogP contribution in [0.2, 0.25) is 0 Å². The van der Waals surface area contributed by atoms with Crippen LogP contribution in [-0.4, -0.2) is 28.8 Å². The van der Waals surface area contributed by atoms with E-state index in [1.165, 1.54) is 0 Å². The smallest absolute Gasteiger partial charge is 0.389 e. The Morgan fingerprint density at radius 3 is 2.61 bits per heavy atom. The molecule has 1 aromatic heterocycles. The highest BCUT2D eigenvalue weighted by molar-refractivity contribution is 5.20. The number of hydrogen-bond acceptors (Lipinski definition) is 3. The van der Waals surface area contributed by atoms with Gasteiger partial charge in [0.1, 0.15) is 0 Å². The number of nitrogens with zero attached hydrogens (tertiary/aromatic N) is 1. The summed E-state index contributed by atoms with van der Waals surface area (Å²) in [6.07, 6.45) is -1.99. The van der Waals surface area contributed by atoms with Gasteiger partial charge in [-0.25, -0.2) is 0 Å². The Kier molecular flexibility index (Phi) is 3.59. The van der Waals surface area contributed by atoms with E-state index in [0.29, 0.717) is 25.9 Å². The third-order valence-corrected chi connectivity index (χ3v) is 3.19. The predicted molar refractivity (Wildman–Crippen MR) is 60.0 cm³/mol. The Morgan fingerprint density at radius 1 is 1.33 bits per heavy atom. The van der Waals surface area contributed by atoms with Gasteiger partial charge in [0.05, 0.1) is 11.2 Å². The molecule has 100 valence electrons. The van der Waals surface area contributed by atoms with E-state index in [4.69, 9.17) is 0 Å². The molecule has 1 saturated heterocycles. The number of aromatic nitrogens is 1. The predicted octanol–water partition coefficient (Wildman–Crippen LogP) is 1.76. The normalized spacial score (nSPS) is 19.8. The average Bonchev–Trinajstić information content (AvgIpc) is 2.28. The Labute approximate surface area is 103 Å². The standard InChI is InChI=1S/C12H15F3N2O/c13-12(14,15)9-1-4-17-10(7-9)8-11(18)2-5-16-6-3-11/h1,4,7,16,18H,2-3,5-6,8H2. The first-order chi connectivity index (χ1) is 8.39. The third kappa shape index (κ3) is 3.20. The Hall–Kier alpha value is -1.14. The molecule has 6 heteroatoms. The maximum atomic E-state index is 12.5. The van der Waals surface area contributed by atoms with Gasteiger partial charge in [0.25, 0.3) is 0 Å². The zero-order valence-electron chi connectivity index (χ0n) is 9.80. The highest BCUT2D eigenvalue weighted by Gasteiger charge is 2.33. The van der Waals surface area contributed by atoms with Crippen molar-refractivity contribution in [2.75, 3.05) is 13.1 Å². The monoisotopic (exact) mass is 260 g/mol. The van der Waals surface area contributed by atoms with E-state index < -0.39 is 17.3 Å². The van der Waals surface area contributed by atoms with Crippen molar-refractivity contribution >= 4 is 0 Å². The van der Waals surface area contributed by atoms with Crippen LogP contribution >= 0.6 is 0 Å². The van der Waals surface area contributed by atoms with E-state index in [9.17, 15) is 18.3 Å². The fourth-order valence-corrected chi connectivity index (χ4v) is 2.16. The third-order valence-electron chi connectivity index (χ3n) is 3.19. The van der Waals surface area contributed by atoms with Gasteiger partial charge >= 0.3 is 6.18 Å². The molecule has 2 N–H and O–H groups in total. The van der Waals surface area contributed by atoms with Gasteiger partial charge in [-0.1, -0.05) is 0 Å².